The quantitative estimate of drug-likeness (QED) is 0.0460. The third-order valence-corrected chi connectivity index (χ3v) is 5.89. The van der Waals surface area contributed by atoms with Crippen molar-refractivity contribution in [3.63, 3.8) is 0 Å². The lowest BCUT2D eigenvalue weighted by Crippen LogP contribution is -2.58. The van der Waals surface area contributed by atoms with Crippen molar-refractivity contribution >= 4 is 35.6 Å². The second-order valence-corrected chi connectivity index (χ2v) is 9.33. The monoisotopic (exact) mass is 580 g/mol. The number of phenols is 1. The maximum Gasteiger partial charge on any atom is 0.326 e. The number of phenolic OH excluding ortho intramolecular Hbond substituents is 1. The minimum atomic E-state index is -1.67. The molecular formula is C25H40N8O8. The summed E-state index contributed by atoms with van der Waals surface area (Å²) < 4.78 is 0. The molecule has 228 valence electrons. The van der Waals surface area contributed by atoms with Crippen LogP contribution < -0.4 is 38.9 Å². The molecule has 1 aromatic rings. The zero-order chi connectivity index (χ0) is 30.9. The Morgan fingerprint density at radius 3 is 1.95 bits per heavy atom. The smallest absolute Gasteiger partial charge is 0.326 e. The summed E-state index contributed by atoms with van der Waals surface area (Å²) in [6.07, 6.45) is 0.701. The number of carboxylic acid groups (broad SMARTS) is 2. The Hall–Kier alpha value is -4.44. The number of aliphatic imine (C=N–C) groups is 1. The maximum absolute atomic E-state index is 13.3. The molecule has 16 nitrogen and oxygen atoms in total. The van der Waals surface area contributed by atoms with E-state index in [1.807, 2.05) is 0 Å². The van der Waals surface area contributed by atoms with Crippen molar-refractivity contribution in [3.8, 4) is 5.75 Å². The Morgan fingerprint density at radius 2 is 1.39 bits per heavy atom. The second kappa shape index (κ2) is 18.0. The Kier molecular flexibility index (Phi) is 15.2. The van der Waals surface area contributed by atoms with Crippen molar-refractivity contribution in [1.82, 2.24) is 16.0 Å². The fourth-order valence-corrected chi connectivity index (χ4v) is 3.68. The standard InChI is InChI=1S/C25H40N8O8/c26-10-2-1-4-16(27)21(37)32-18(12-14-6-8-15(34)9-7-14)22(38)33-19(13-20(35)36)23(39)31-17(24(40)41)5-3-11-30-25(28)29/h6-9,16-19,34H,1-5,10-13,26-27H2,(H,31,39)(H,32,37)(H,33,38)(H,35,36)(H,40,41)(H4,28,29,30). The van der Waals surface area contributed by atoms with Crippen molar-refractivity contribution < 1.29 is 39.3 Å². The normalized spacial score (nSPS) is 13.6. The maximum atomic E-state index is 13.3. The Bertz CT molecular complexity index is 1060. The topological polar surface area (TPSA) is 299 Å². The number of carbonyl (C=O) groups is 5. The highest BCUT2D eigenvalue weighted by atomic mass is 16.4. The number of amides is 3. The van der Waals surface area contributed by atoms with Gasteiger partial charge in [0.05, 0.1) is 12.5 Å². The van der Waals surface area contributed by atoms with Crippen LogP contribution in [-0.4, -0.2) is 88.2 Å². The summed E-state index contributed by atoms with van der Waals surface area (Å²) in [7, 11) is 0. The fraction of sp³-hybridized carbons (Fsp3) is 0.520. The molecule has 14 N–H and O–H groups in total. The zero-order valence-corrected chi connectivity index (χ0v) is 22.6. The van der Waals surface area contributed by atoms with Crippen LogP contribution in [-0.2, 0) is 30.4 Å². The lowest BCUT2D eigenvalue weighted by molar-refractivity contribution is -0.143. The van der Waals surface area contributed by atoms with E-state index in [2.05, 4.69) is 20.9 Å². The first-order valence-electron chi connectivity index (χ1n) is 13.0. The molecule has 0 saturated carbocycles. The highest BCUT2D eigenvalue weighted by molar-refractivity contribution is 5.95. The number of nitrogens with two attached hydrogens (primary N) is 4. The molecule has 4 atom stereocenters. The van der Waals surface area contributed by atoms with E-state index in [4.69, 9.17) is 22.9 Å². The first kappa shape index (κ1) is 34.6. The average Bonchev–Trinajstić information content (AvgIpc) is 2.90. The summed E-state index contributed by atoms with van der Waals surface area (Å²) in [5, 5.41) is 35.4. The van der Waals surface area contributed by atoms with Crippen LogP contribution in [0.25, 0.3) is 0 Å². The van der Waals surface area contributed by atoms with E-state index in [1.54, 1.807) is 0 Å². The van der Waals surface area contributed by atoms with Crippen LogP contribution in [0.5, 0.6) is 5.75 Å². The van der Waals surface area contributed by atoms with Gasteiger partial charge in [0.2, 0.25) is 17.7 Å². The molecular weight excluding hydrogens is 540 g/mol. The van der Waals surface area contributed by atoms with E-state index >= 15 is 0 Å². The molecule has 4 unspecified atom stereocenters. The molecule has 1 aromatic carbocycles. The van der Waals surface area contributed by atoms with Crippen molar-refractivity contribution in [2.75, 3.05) is 13.1 Å². The summed E-state index contributed by atoms with van der Waals surface area (Å²) in [6, 6.07) is 0.473. The molecule has 0 aliphatic heterocycles. The van der Waals surface area contributed by atoms with Gasteiger partial charge < -0.3 is 54.2 Å². The van der Waals surface area contributed by atoms with Crippen LogP contribution in [0.15, 0.2) is 29.3 Å². The number of carboxylic acids is 2. The molecule has 1 rings (SSSR count). The van der Waals surface area contributed by atoms with Crippen molar-refractivity contribution in [1.29, 1.82) is 0 Å². The van der Waals surface area contributed by atoms with Crippen molar-refractivity contribution in [2.24, 2.45) is 27.9 Å². The predicted octanol–water partition coefficient (Wildman–Crippen LogP) is -2.54. The number of unbranched alkanes of at least 4 members (excludes halogenated alkanes) is 1. The molecule has 0 aromatic heterocycles. The van der Waals surface area contributed by atoms with E-state index < -0.39 is 60.2 Å². The van der Waals surface area contributed by atoms with Crippen LogP contribution in [0.1, 0.15) is 44.1 Å². The minimum Gasteiger partial charge on any atom is -0.508 e. The Balaban J connectivity index is 3.08. The van der Waals surface area contributed by atoms with Gasteiger partial charge in [-0.1, -0.05) is 18.6 Å². The molecule has 0 fully saturated rings. The first-order valence-corrected chi connectivity index (χ1v) is 13.0. The van der Waals surface area contributed by atoms with Gasteiger partial charge in [-0.3, -0.25) is 24.2 Å². The summed E-state index contributed by atoms with van der Waals surface area (Å²) >= 11 is 0. The van der Waals surface area contributed by atoms with Gasteiger partial charge in [0.1, 0.15) is 23.9 Å². The third kappa shape index (κ3) is 14.0. The number of guanidine groups is 1. The van der Waals surface area contributed by atoms with Gasteiger partial charge in [0, 0.05) is 13.0 Å². The van der Waals surface area contributed by atoms with Gasteiger partial charge >= 0.3 is 11.9 Å². The molecule has 3 amide bonds. The van der Waals surface area contributed by atoms with Crippen LogP contribution in [0, 0.1) is 0 Å². The SMILES string of the molecule is NCCCCC(N)C(=O)NC(Cc1ccc(O)cc1)C(=O)NC(CC(=O)O)C(=O)NC(CCCN=C(N)N)C(=O)O. The molecule has 0 bridgehead atoms. The molecule has 0 aliphatic rings. The van der Waals surface area contributed by atoms with E-state index in [0.717, 1.165) is 0 Å². The lowest BCUT2D eigenvalue weighted by atomic mass is 10.0. The van der Waals surface area contributed by atoms with Gasteiger partial charge in [-0.25, -0.2) is 4.79 Å². The number of rotatable bonds is 19. The number of aromatic hydroxyl groups is 1. The number of nitrogens with one attached hydrogen (secondary N) is 3. The van der Waals surface area contributed by atoms with E-state index in [1.165, 1.54) is 24.3 Å². The van der Waals surface area contributed by atoms with Crippen molar-refractivity contribution in [2.45, 2.75) is 69.1 Å². The Morgan fingerprint density at radius 1 is 0.805 bits per heavy atom. The van der Waals surface area contributed by atoms with Gasteiger partial charge in [-0.2, -0.15) is 0 Å². The van der Waals surface area contributed by atoms with E-state index in [-0.39, 0.29) is 37.5 Å². The van der Waals surface area contributed by atoms with Gasteiger partial charge in [0.15, 0.2) is 5.96 Å². The predicted molar refractivity (Wildman–Crippen MR) is 148 cm³/mol. The molecule has 0 radical (unpaired) electrons. The van der Waals surface area contributed by atoms with Crippen LogP contribution in [0.2, 0.25) is 0 Å². The van der Waals surface area contributed by atoms with E-state index in [0.29, 0.717) is 31.4 Å². The largest absolute Gasteiger partial charge is 0.508 e. The van der Waals surface area contributed by atoms with Crippen LogP contribution >= 0.6 is 0 Å². The zero-order valence-electron chi connectivity index (χ0n) is 22.6. The number of benzene rings is 1. The molecule has 0 heterocycles. The molecule has 0 spiro atoms. The number of nitrogens with zero attached hydrogens (tertiary/aromatic N) is 1. The second-order valence-electron chi connectivity index (χ2n) is 9.33. The lowest BCUT2D eigenvalue weighted by Gasteiger charge is -2.25. The van der Waals surface area contributed by atoms with Crippen LogP contribution in [0.4, 0.5) is 0 Å². The van der Waals surface area contributed by atoms with Crippen LogP contribution in [0.3, 0.4) is 0 Å². The van der Waals surface area contributed by atoms with Crippen molar-refractivity contribution in [3.05, 3.63) is 29.8 Å². The summed E-state index contributed by atoms with van der Waals surface area (Å²) in [5.74, 6) is -5.63. The van der Waals surface area contributed by atoms with Gasteiger partial charge in [-0.05, 0) is 49.9 Å². The number of carbonyl (C=O) groups excluding carboxylic acids is 3. The molecule has 0 aliphatic carbocycles. The highest BCUT2D eigenvalue weighted by Gasteiger charge is 2.31. The summed E-state index contributed by atoms with van der Waals surface area (Å²) in [5.41, 5.74) is 22.4. The number of aliphatic carboxylic acids is 2. The Labute approximate surface area is 236 Å². The van der Waals surface area contributed by atoms with Gasteiger partial charge in [0.25, 0.3) is 0 Å². The fourth-order valence-electron chi connectivity index (χ4n) is 3.68. The average molecular weight is 581 g/mol. The highest BCUT2D eigenvalue weighted by Crippen LogP contribution is 2.12. The number of hydrogen-bond acceptors (Lipinski definition) is 9. The molecule has 41 heavy (non-hydrogen) atoms. The third-order valence-electron chi connectivity index (χ3n) is 5.89. The molecule has 0 saturated heterocycles. The first-order chi connectivity index (χ1) is 19.3. The summed E-state index contributed by atoms with van der Waals surface area (Å²) in [6.45, 7) is 0.524. The minimum absolute atomic E-state index is 0.0230. The summed E-state index contributed by atoms with van der Waals surface area (Å²) in [4.78, 5) is 65.8. The van der Waals surface area contributed by atoms with E-state index in [9.17, 15) is 39.3 Å². The molecule has 16 heteroatoms. The van der Waals surface area contributed by atoms with Gasteiger partial charge in [-0.15, -0.1) is 0 Å². The number of hydrogen-bond donors (Lipinski definition) is 10.